The van der Waals surface area contributed by atoms with Crippen molar-refractivity contribution in [3.63, 3.8) is 0 Å². The molecule has 0 unspecified atom stereocenters. The molecular weight excluding hydrogens is 1230 g/mol. The van der Waals surface area contributed by atoms with Gasteiger partial charge in [-0.3, -0.25) is 38.9 Å². The summed E-state index contributed by atoms with van der Waals surface area (Å²) in [4.78, 5) is 82.6. The number of allylic oxidation sites excluding steroid dienone is 1. The first kappa shape index (κ1) is 68.5. The number of aryl methyl sites for hydroxylation is 1. The Morgan fingerprint density at radius 2 is 1.17 bits per heavy atom. The number of fused-ring (bicyclic) bond motifs is 6. The van der Waals surface area contributed by atoms with Gasteiger partial charge in [-0.25, -0.2) is 4.79 Å². The molecule has 0 saturated heterocycles. The van der Waals surface area contributed by atoms with Gasteiger partial charge in [-0.05, 0) is 160 Å². The number of hydrogen-bond donors (Lipinski definition) is 1. The maximum atomic E-state index is 15.1. The fraction of sp³-hybridized carbons (Fsp3) is 0.411. The number of pyridine rings is 2. The number of hydrogen-bond acceptors (Lipinski definition) is 19. The first-order valence-corrected chi connectivity index (χ1v) is 37.8. The molecule has 12 rings (SSSR count). The fourth-order valence-electron chi connectivity index (χ4n) is 12.8. The van der Waals surface area contributed by atoms with E-state index in [1.54, 1.807) is 55.7 Å². The molecule has 0 radical (unpaired) electrons. The number of rotatable bonds is 15. The van der Waals surface area contributed by atoms with Crippen LogP contribution in [0.3, 0.4) is 0 Å². The number of benzene rings is 3. The first-order chi connectivity index (χ1) is 44.5. The minimum atomic E-state index is -2.77. The molecule has 1 saturated carbocycles. The van der Waals surface area contributed by atoms with E-state index in [1.165, 1.54) is 6.08 Å². The molecule has 3 aromatic carbocycles. The van der Waals surface area contributed by atoms with Crippen molar-refractivity contribution in [2.75, 3.05) is 27.7 Å². The van der Waals surface area contributed by atoms with Gasteiger partial charge in [-0.1, -0.05) is 133 Å². The average Bonchev–Trinajstić information content (AvgIpc) is 1.12. The van der Waals surface area contributed by atoms with E-state index >= 15 is 9.59 Å². The van der Waals surface area contributed by atoms with Gasteiger partial charge in [0.05, 0.1) is 29.0 Å². The van der Waals surface area contributed by atoms with Crippen LogP contribution in [0.25, 0.3) is 5.76 Å². The van der Waals surface area contributed by atoms with Gasteiger partial charge in [0.1, 0.15) is 35.8 Å². The Hall–Kier alpha value is -8.32. The van der Waals surface area contributed by atoms with Crippen LogP contribution in [0.5, 0.6) is 17.5 Å². The number of ether oxygens (including phenoxy) is 3. The van der Waals surface area contributed by atoms with Gasteiger partial charge in [-0.15, -0.1) is 0 Å². The lowest BCUT2D eigenvalue weighted by Gasteiger charge is -2.55. The van der Waals surface area contributed by atoms with E-state index in [9.17, 15) is 19.5 Å². The smallest absolute Gasteiger partial charge is 0.345 e. The quantitative estimate of drug-likeness (QED) is 0.0434. The van der Waals surface area contributed by atoms with Gasteiger partial charge >= 0.3 is 5.97 Å². The lowest BCUT2D eigenvalue weighted by Crippen LogP contribution is -2.68. The number of Topliss-reactive ketones (excluding diaryl/α,β-unsaturated/α-hetero) is 3. The lowest BCUT2D eigenvalue weighted by molar-refractivity contribution is -0.140. The number of aliphatic hydroxyl groups excluding tert-OH is 1. The van der Waals surface area contributed by atoms with Crippen LogP contribution in [0.2, 0.25) is 36.3 Å². The van der Waals surface area contributed by atoms with Crippen molar-refractivity contribution in [3.8, 4) is 17.5 Å². The third-order valence-corrected chi connectivity index (χ3v) is 28.7. The number of nitrogens with zero attached hydrogens (tertiary/aromatic N) is 6. The van der Waals surface area contributed by atoms with Gasteiger partial charge in [0.15, 0.2) is 45.1 Å². The zero-order chi connectivity index (χ0) is 67.9. The molecule has 4 aromatic heterocycles. The predicted molar refractivity (Wildman–Crippen MR) is 359 cm³/mol. The molecule has 494 valence electrons. The third kappa shape index (κ3) is 12.8. The van der Waals surface area contributed by atoms with Crippen LogP contribution in [0.4, 0.5) is 0 Å². The molecular formula is C73H86N6O13Si2. The Kier molecular flexibility index (Phi) is 19.6. The highest BCUT2D eigenvalue weighted by molar-refractivity contribution is 6.75. The van der Waals surface area contributed by atoms with E-state index in [-0.39, 0.29) is 81.2 Å². The summed E-state index contributed by atoms with van der Waals surface area (Å²) in [5.74, 6) is -2.03. The second kappa shape index (κ2) is 26.8. The van der Waals surface area contributed by atoms with Crippen molar-refractivity contribution < 1.29 is 61.2 Å². The Morgan fingerprint density at radius 3 is 1.70 bits per heavy atom. The van der Waals surface area contributed by atoms with Gasteiger partial charge in [0.2, 0.25) is 17.3 Å². The number of aromatic nitrogens is 4. The van der Waals surface area contributed by atoms with Crippen molar-refractivity contribution in [3.05, 3.63) is 202 Å². The molecule has 94 heavy (non-hydrogen) atoms. The maximum Gasteiger partial charge on any atom is 0.345 e. The zero-order valence-corrected chi connectivity index (χ0v) is 58.4. The van der Waals surface area contributed by atoms with Crippen LogP contribution in [0.1, 0.15) is 144 Å². The third-order valence-electron chi connectivity index (χ3n) is 19.8. The molecule has 19 nitrogen and oxygen atoms in total. The number of esters is 1. The second-order valence-corrected chi connectivity index (χ2v) is 37.5. The van der Waals surface area contributed by atoms with E-state index in [4.69, 9.17) is 32.1 Å². The van der Waals surface area contributed by atoms with Crippen LogP contribution in [-0.4, -0.2) is 120 Å². The predicted octanol–water partition coefficient (Wildman–Crippen LogP) is 13.9. The van der Waals surface area contributed by atoms with Gasteiger partial charge in [0.25, 0.3) is 11.8 Å². The lowest BCUT2D eigenvalue weighted by atomic mass is 9.57. The zero-order valence-electron chi connectivity index (χ0n) is 56.4. The van der Waals surface area contributed by atoms with Crippen molar-refractivity contribution in [2.24, 2.45) is 17.8 Å². The van der Waals surface area contributed by atoms with Gasteiger partial charge < -0.3 is 37.2 Å². The summed E-state index contributed by atoms with van der Waals surface area (Å²) < 4.78 is 42.9. The van der Waals surface area contributed by atoms with E-state index in [2.05, 4.69) is 79.8 Å². The van der Waals surface area contributed by atoms with Crippen LogP contribution in [0, 0.1) is 24.7 Å². The molecule has 7 atom stereocenters. The minimum Gasteiger partial charge on any atom is -0.507 e. The molecule has 0 aliphatic heterocycles. The van der Waals surface area contributed by atoms with Crippen molar-refractivity contribution in [2.45, 2.75) is 147 Å². The molecule has 7 aromatic rings. The van der Waals surface area contributed by atoms with E-state index in [0.29, 0.717) is 59.9 Å². The van der Waals surface area contributed by atoms with Crippen molar-refractivity contribution >= 4 is 51.5 Å². The summed E-state index contributed by atoms with van der Waals surface area (Å²) in [6.07, 6.45) is 8.13. The molecule has 0 bridgehead atoms. The van der Waals surface area contributed by atoms with Crippen molar-refractivity contribution in [1.29, 1.82) is 0 Å². The number of carbonyl (C=O) groups is 5. The Balaban J connectivity index is 0.000000169. The van der Waals surface area contributed by atoms with Crippen LogP contribution < -0.4 is 14.2 Å². The summed E-state index contributed by atoms with van der Waals surface area (Å²) >= 11 is 0. The number of ketones is 4. The molecule has 5 aliphatic carbocycles. The Morgan fingerprint density at radius 1 is 0.660 bits per heavy atom. The molecule has 5 aliphatic rings. The summed E-state index contributed by atoms with van der Waals surface area (Å²) in [6, 6.07) is 34.3. The molecule has 1 fully saturated rings. The summed E-state index contributed by atoms with van der Waals surface area (Å²) in [5.41, 5.74) is 1.35. The summed E-state index contributed by atoms with van der Waals surface area (Å²) in [6.45, 7) is 25.7. The SMILES string of the molecule is CCN(C)[C@@H]1c2onc(OCc3ccccc3)c2C(=O)[C@@]2(O[Si](C)(C)C(C)(C)C)C(=O)C=CC[C@@H]12.CN(C)[C@@H]1c2onc(OCc3ccccc3)c2C(=O)[C@@]2(O[Si](C)(C)C(C)(C)C)C(=O)C3=C(O)c4cccnc4C[C@H]3C[C@@H]12.Cc1ncccc1C(=O)Oc1ccccc1. The molecule has 0 amide bonds. The average molecular weight is 1310 g/mol. The number of carbonyl (C=O) groups excluding carboxylic acids is 5. The largest absolute Gasteiger partial charge is 0.507 e. The van der Waals surface area contributed by atoms with Gasteiger partial charge in [-0.2, -0.15) is 0 Å². The molecule has 1 N–H and O–H groups in total. The summed E-state index contributed by atoms with van der Waals surface area (Å²) in [5, 5.41) is 19.5. The van der Waals surface area contributed by atoms with Gasteiger partial charge in [0, 0.05) is 35.4 Å². The standard InChI is InChI=1S/C33H39N3O6Si.C27H36N2O5Si.C13H11NO2/c1-32(2,3)43(6,7)42-33-22(16-20-17-23-21(14-11-15-34-23)27(37)24(20)29(33)38)26(36(4)5)28-25(30(33)39)31(35-41-28)40-18-19-12-9-8-10-13-19;1-8-29(5)22-19-15-12-16-20(30)27(19,34-35(6,7)26(2,3)4)24(31)21-23(22)33-28-25(21)32-17-18-13-10-9-11-14-18;1-10-12(8-5-9-14-10)13(15)16-11-6-3-2-4-7-11/h8-15,20,22,26,37H,16-18H2,1-7H3;9-14,16,19,22H,8,15,17H2,1-7H3;2-9H,1H3/t20-,22+,26+,33+;19-,22-,27-;/m10./s1. The van der Waals surface area contributed by atoms with E-state index in [1.807, 2.05) is 131 Å². The van der Waals surface area contributed by atoms with E-state index < -0.39 is 63.1 Å². The first-order valence-electron chi connectivity index (χ1n) is 32.0. The molecule has 0 spiro atoms. The highest BCUT2D eigenvalue weighted by Crippen LogP contribution is 2.59. The topological polar surface area (TPSA) is 236 Å². The normalized spacial score (nSPS) is 22.3. The minimum absolute atomic E-state index is 0.0404. The van der Waals surface area contributed by atoms with Crippen LogP contribution in [-0.2, 0) is 38.1 Å². The van der Waals surface area contributed by atoms with Crippen LogP contribution in [0.15, 0.2) is 154 Å². The second-order valence-electron chi connectivity index (χ2n) is 28.1. The van der Waals surface area contributed by atoms with Crippen molar-refractivity contribution in [1.82, 2.24) is 30.1 Å². The Bertz CT molecular complexity index is 4020. The molecule has 4 heterocycles. The number of aliphatic hydroxyl groups is 1. The van der Waals surface area contributed by atoms with Crippen LogP contribution >= 0.6 is 0 Å². The van der Waals surface area contributed by atoms with E-state index in [0.717, 1.165) is 16.8 Å². The summed E-state index contributed by atoms with van der Waals surface area (Å²) in [7, 11) is 0.464. The highest BCUT2D eigenvalue weighted by Gasteiger charge is 2.69. The Labute approximate surface area is 552 Å². The monoisotopic (exact) mass is 1310 g/mol. The fourth-order valence-corrected chi connectivity index (χ4v) is 15.7. The highest BCUT2D eigenvalue weighted by atomic mass is 28.4. The number of para-hydroxylation sites is 1. The molecule has 21 heteroatoms. The maximum absolute atomic E-state index is 15.1.